The SMILES string of the molecule is Cc1ccc(-c2cc(C(=O)NCC(c3ccccc3)N(C)C)n[nH]2)o1. The molecule has 6 nitrogen and oxygen atoms in total. The monoisotopic (exact) mass is 338 g/mol. The summed E-state index contributed by atoms with van der Waals surface area (Å²) in [6, 6.07) is 15.6. The molecule has 0 aliphatic carbocycles. The van der Waals surface area contributed by atoms with Crippen LogP contribution in [-0.2, 0) is 0 Å². The minimum atomic E-state index is -0.214. The van der Waals surface area contributed by atoms with Gasteiger partial charge in [0.15, 0.2) is 11.5 Å². The maximum Gasteiger partial charge on any atom is 0.271 e. The lowest BCUT2D eigenvalue weighted by Crippen LogP contribution is -2.34. The van der Waals surface area contributed by atoms with Crippen molar-refractivity contribution in [2.75, 3.05) is 20.6 Å². The zero-order valence-electron chi connectivity index (χ0n) is 14.6. The van der Waals surface area contributed by atoms with Gasteiger partial charge in [0.25, 0.3) is 5.91 Å². The van der Waals surface area contributed by atoms with Gasteiger partial charge in [-0.1, -0.05) is 30.3 Å². The molecule has 0 radical (unpaired) electrons. The van der Waals surface area contributed by atoms with Crippen molar-refractivity contribution in [2.45, 2.75) is 13.0 Å². The fourth-order valence-electron chi connectivity index (χ4n) is 2.70. The number of carbonyl (C=O) groups excluding carboxylic acids is 1. The van der Waals surface area contributed by atoms with Gasteiger partial charge in [-0.15, -0.1) is 0 Å². The lowest BCUT2D eigenvalue weighted by Gasteiger charge is -2.24. The van der Waals surface area contributed by atoms with Crippen LogP contribution in [0.15, 0.2) is 52.9 Å². The lowest BCUT2D eigenvalue weighted by molar-refractivity contribution is 0.0937. The average molecular weight is 338 g/mol. The molecular formula is C19H22N4O2. The van der Waals surface area contributed by atoms with Gasteiger partial charge in [0.2, 0.25) is 0 Å². The summed E-state index contributed by atoms with van der Waals surface area (Å²) in [4.78, 5) is 14.5. The number of likely N-dealkylation sites (N-methyl/N-ethyl adjacent to an activating group) is 1. The van der Waals surface area contributed by atoms with Crippen LogP contribution in [-0.4, -0.2) is 41.6 Å². The Hall–Kier alpha value is -2.86. The summed E-state index contributed by atoms with van der Waals surface area (Å²) in [6.07, 6.45) is 0. The quantitative estimate of drug-likeness (QED) is 0.724. The van der Waals surface area contributed by atoms with Gasteiger partial charge in [-0.2, -0.15) is 5.10 Å². The molecule has 2 heterocycles. The molecule has 1 unspecified atom stereocenters. The topological polar surface area (TPSA) is 74.2 Å². The number of nitrogens with zero attached hydrogens (tertiary/aromatic N) is 2. The molecule has 0 bridgehead atoms. The second-order valence-electron chi connectivity index (χ2n) is 6.18. The van der Waals surface area contributed by atoms with E-state index >= 15 is 0 Å². The van der Waals surface area contributed by atoms with Gasteiger partial charge in [0, 0.05) is 12.6 Å². The largest absolute Gasteiger partial charge is 0.460 e. The number of nitrogens with one attached hydrogen (secondary N) is 2. The van der Waals surface area contributed by atoms with E-state index < -0.39 is 0 Å². The molecule has 0 saturated heterocycles. The highest BCUT2D eigenvalue weighted by Crippen LogP contribution is 2.21. The van der Waals surface area contributed by atoms with Gasteiger partial charge in [-0.25, -0.2) is 0 Å². The second-order valence-corrected chi connectivity index (χ2v) is 6.18. The predicted molar refractivity (Wildman–Crippen MR) is 96.2 cm³/mol. The van der Waals surface area contributed by atoms with Gasteiger partial charge < -0.3 is 14.6 Å². The van der Waals surface area contributed by atoms with Crippen molar-refractivity contribution in [3.8, 4) is 11.5 Å². The number of aromatic amines is 1. The zero-order chi connectivity index (χ0) is 17.8. The number of aromatic nitrogens is 2. The summed E-state index contributed by atoms with van der Waals surface area (Å²) < 4.78 is 5.54. The van der Waals surface area contributed by atoms with Gasteiger partial charge in [-0.3, -0.25) is 9.89 Å². The number of benzene rings is 1. The summed E-state index contributed by atoms with van der Waals surface area (Å²) >= 11 is 0. The summed E-state index contributed by atoms with van der Waals surface area (Å²) in [5.41, 5.74) is 2.18. The fourth-order valence-corrected chi connectivity index (χ4v) is 2.70. The number of hydrogen-bond acceptors (Lipinski definition) is 4. The number of H-pyrrole nitrogens is 1. The Morgan fingerprint density at radius 3 is 2.64 bits per heavy atom. The molecule has 6 heteroatoms. The van der Waals surface area contributed by atoms with Crippen LogP contribution >= 0.6 is 0 Å². The van der Waals surface area contributed by atoms with E-state index in [4.69, 9.17) is 4.42 Å². The number of rotatable bonds is 6. The fraction of sp³-hybridized carbons (Fsp3) is 0.263. The second kappa shape index (κ2) is 7.36. The first-order valence-corrected chi connectivity index (χ1v) is 8.16. The maximum atomic E-state index is 12.4. The molecule has 0 aliphatic heterocycles. The van der Waals surface area contributed by atoms with Crippen LogP contribution in [0.3, 0.4) is 0 Å². The van der Waals surface area contributed by atoms with Gasteiger partial charge in [0.1, 0.15) is 11.5 Å². The molecule has 2 aromatic heterocycles. The van der Waals surface area contributed by atoms with Crippen LogP contribution in [0.2, 0.25) is 0 Å². The normalized spacial score (nSPS) is 12.3. The van der Waals surface area contributed by atoms with E-state index in [1.54, 1.807) is 6.07 Å². The van der Waals surface area contributed by atoms with Crippen LogP contribution in [0.25, 0.3) is 11.5 Å². The average Bonchev–Trinajstić information content (AvgIpc) is 3.24. The van der Waals surface area contributed by atoms with Gasteiger partial charge in [-0.05, 0) is 38.7 Å². The molecule has 1 aromatic carbocycles. The number of aryl methyl sites for hydroxylation is 1. The molecule has 1 amide bonds. The summed E-state index contributed by atoms with van der Waals surface area (Å²) in [5.74, 6) is 1.26. The third-order valence-electron chi connectivity index (χ3n) is 4.08. The first kappa shape index (κ1) is 17.0. The Morgan fingerprint density at radius 1 is 1.24 bits per heavy atom. The van der Waals surface area contributed by atoms with E-state index in [1.165, 1.54) is 0 Å². The van der Waals surface area contributed by atoms with Gasteiger partial charge >= 0.3 is 0 Å². The third kappa shape index (κ3) is 3.97. The molecule has 0 fully saturated rings. The Bertz CT molecular complexity index is 836. The summed E-state index contributed by atoms with van der Waals surface area (Å²) in [5, 5.41) is 9.89. The molecule has 25 heavy (non-hydrogen) atoms. The smallest absolute Gasteiger partial charge is 0.271 e. The first-order valence-electron chi connectivity index (χ1n) is 8.16. The van der Waals surface area contributed by atoms with E-state index in [0.29, 0.717) is 23.7 Å². The van der Waals surface area contributed by atoms with Gasteiger partial charge in [0.05, 0.1) is 6.04 Å². The van der Waals surface area contributed by atoms with Crippen LogP contribution < -0.4 is 5.32 Å². The minimum Gasteiger partial charge on any atom is -0.460 e. The molecule has 2 N–H and O–H groups in total. The summed E-state index contributed by atoms with van der Waals surface area (Å²) in [7, 11) is 3.99. The highest BCUT2D eigenvalue weighted by molar-refractivity contribution is 5.93. The molecule has 1 atom stereocenters. The Balaban J connectivity index is 1.67. The minimum absolute atomic E-state index is 0.0938. The summed E-state index contributed by atoms with van der Waals surface area (Å²) in [6.45, 7) is 2.37. The predicted octanol–water partition coefficient (Wildman–Crippen LogP) is 3.01. The maximum absolute atomic E-state index is 12.4. The van der Waals surface area contributed by atoms with E-state index in [2.05, 4.69) is 32.5 Å². The number of hydrogen-bond donors (Lipinski definition) is 2. The van der Waals surface area contributed by atoms with Crippen LogP contribution in [0.4, 0.5) is 0 Å². The number of carbonyl (C=O) groups is 1. The molecule has 3 aromatic rings. The number of amides is 1. The first-order chi connectivity index (χ1) is 12.0. The van der Waals surface area contributed by atoms with Crippen molar-refractivity contribution in [3.05, 3.63) is 65.5 Å². The molecule has 0 saturated carbocycles. The third-order valence-corrected chi connectivity index (χ3v) is 4.08. The Kier molecular flexibility index (Phi) is 5.00. The Morgan fingerprint density at radius 2 is 2.00 bits per heavy atom. The molecule has 3 rings (SSSR count). The van der Waals surface area contributed by atoms with Crippen molar-refractivity contribution in [1.29, 1.82) is 0 Å². The Labute approximate surface area is 146 Å². The molecular weight excluding hydrogens is 316 g/mol. The number of furan rings is 1. The van der Waals surface area contributed by atoms with Crippen LogP contribution in [0.1, 0.15) is 27.9 Å². The molecule has 0 aliphatic rings. The van der Waals surface area contributed by atoms with Crippen molar-refractivity contribution >= 4 is 5.91 Å². The lowest BCUT2D eigenvalue weighted by atomic mass is 10.1. The molecule has 130 valence electrons. The van der Waals surface area contributed by atoms with Crippen molar-refractivity contribution in [2.24, 2.45) is 0 Å². The van der Waals surface area contributed by atoms with Crippen molar-refractivity contribution in [1.82, 2.24) is 20.4 Å². The van der Waals surface area contributed by atoms with E-state index in [1.807, 2.05) is 51.4 Å². The highest BCUT2D eigenvalue weighted by atomic mass is 16.3. The highest BCUT2D eigenvalue weighted by Gasteiger charge is 2.17. The van der Waals surface area contributed by atoms with E-state index in [0.717, 1.165) is 11.3 Å². The van der Waals surface area contributed by atoms with E-state index in [-0.39, 0.29) is 11.9 Å². The molecule has 0 spiro atoms. The van der Waals surface area contributed by atoms with Crippen molar-refractivity contribution in [3.63, 3.8) is 0 Å². The van der Waals surface area contributed by atoms with Crippen LogP contribution in [0, 0.1) is 6.92 Å². The standard InChI is InChI=1S/C19H22N4O2/c1-13-9-10-18(25-13)15-11-16(22-21-15)19(24)20-12-17(23(2)3)14-7-5-4-6-8-14/h4-11,17H,12H2,1-3H3,(H,20,24)(H,21,22). The van der Waals surface area contributed by atoms with Crippen LogP contribution in [0.5, 0.6) is 0 Å². The zero-order valence-corrected chi connectivity index (χ0v) is 14.6. The van der Waals surface area contributed by atoms with Crippen molar-refractivity contribution < 1.29 is 9.21 Å². The van der Waals surface area contributed by atoms with E-state index in [9.17, 15) is 4.79 Å².